The van der Waals surface area contributed by atoms with E-state index in [-0.39, 0.29) is 11.8 Å². The monoisotopic (exact) mass is 132 g/mol. The van der Waals surface area contributed by atoms with E-state index in [1.807, 2.05) is 27.7 Å². The fraction of sp³-hybridized carbons (Fsp3) is 1.00. The van der Waals surface area contributed by atoms with Gasteiger partial charge in [0, 0.05) is 0 Å². The zero-order valence-electron chi connectivity index (χ0n) is 6.82. The van der Waals surface area contributed by atoms with Gasteiger partial charge in [-0.25, -0.2) is 4.39 Å². The zero-order valence-corrected chi connectivity index (χ0v) is 6.82. The van der Waals surface area contributed by atoms with Crippen molar-refractivity contribution in [1.29, 1.82) is 0 Å². The van der Waals surface area contributed by atoms with E-state index < -0.39 is 6.17 Å². The van der Waals surface area contributed by atoms with E-state index in [1.54, 1.807) is 0 Å². The molecule has 0 rings (SSSR count). The van der Waals surface area contributed by atoms with E-state index in [1.165, 1.54) is 0 Å². The number of hydrogen-bond acceptors (Lipinski definition) is 0. The summed E-state index contributed by atoms with van der Waals surface area (Å²) in [5.74, 6) is 0.407. The Bertz CT molecular complexity index is 69.0. The molecule has 0 aliphatic heterocycles. The molecule has 1 heteroatoms. The Balaban J connectivity index is 3.58. The summed E-state index contributed by atoms with van der Waals surface area (Å²) < 4.78 is 12.9. The summed E-state index contributed by atoms with van der Waals surface area (Å²) >= 11 is 0. The first-order valence-corrected chi connectivity index (χ1v) is 3.73. The third kappa shape index (κ3) is 2.83. The Morgan fingerprint density at radius 1 is 1.22 bits per heavy atom. The van der Waals surface area contributed by atoms with E-state index in [0.29, 0.717) is 0 Å². The summed E-state index contributed by atoms with van der Waals surface area (Å²) in [5, 5.41) is 0. The van der Waals surface area contributed by atoms with Gasteiger partial charge in [-0.1, -0.05) is 34.1 Å². The molecule has 0 nitrogen and oxygen atoms in total. The van der Waals surface area contributed by atoms with E-state index >= 15 is 0 Å². The molecule has 0 amide bonds. The highest BCUT2D eigenvalue weighted by molar-refractivity contribution is 4.66. The standard InChI is InChI=1S/C8H17F/c1-5-7(4)8(9)6(2)3/h6-8H,5H2,1-4H3. The predicted molar refractivity (Wildman–Crippen MR) is 39.2 cm³/mol. The lowest BCUT2D eigenvalue weighted by atomic mass is 9.94. The van der Waals surface area contributed by atoms with Gasteiger partial charge in [0.1, 0.15) is 6.17 Å². The van der Waals surface area contributed by atoms with Crippen molar-refractivity contribution in [2.75, 3.05) is 0 Å². The predicted octanol–water partition coefficient (Wildman–Crippen LogP) is 3.03. The minimum atomic E-state index is -0.616. The van der Waals surface area contributed by atoms with Crippen molar-refractivity contribution < 1.29 is 4.39 Å². The molecular weight excluding hydrogens is 115 g/mol. The van der Waals surface area contributed by atoms with Crippen LogP contribution in [0.3, 0.4) is 0 Å². The molecule has 0 heterocycles. The lowest BCUT2D eigenvalue weighted by Gasteiger charge is -2.17. The highest BCUT2D eigenvalue weighted by Crippen LogP contribution is 2.18. The molecule has 0 saturated carbocycles. The van der Waals surface area contributed by atoms with Crippen molar-refractivity contribution in [2.24, 2.45) is 11.8 Å². The van der Waals surface area contributed by atoms with Gasteiger partial charge in [0.2, 0.25) is 0 Å². The largest absolute Gasteiger partial charge is 0.247 e. The fourth-order valence-electron chi connectivity index (χ4n) is 0.882. The smallest absolute Gasteiger partial charge is 0.105 e. The fourth-order valence-corrected chi connectivity index (χ4v) is 0.882. The summed E-state index contributed by atoms with van der Waals surface area (Å²) in [7, 11) is 0. The van der Waals surface area contributed by atoms with Crippen molar-refractivity contribution >= 4 is 0 Å². The van der Waals surface area contributed by atoms with Gasteiger partial charge in [0.05, 0.1) is 0 Å². The molecular formula is C8H17F. The van der Waals surface area contributed by atoms with Gasteiger partial charge < -0.3 is 0 Å². The van der Waals surface area contributed by atoms with Crippen molar-refractivity contribution in [3.8, 4) is 0 Å². The number of halogens is 1. The maximum atomic E-state index is 12.9. The van der Waals surface area contributed by atoms with Crippen molar-refractivity contribution in [3.05, 3.63) is 0 Å². The molecule has 0 aromatic rings. The lowest BCUT2D eigenvalue weighted by Crippen LogP contribution is -2.17. The highest BCUT2D eigenvalue weighted by atomic mass is 19.1. The molecule has 0 saturated heterocycles. The number of rotatable bonds is 3. The first-order valence-electron chi connectivity index (χ1n) is 3.73. The molecule has 0 fully saturated rings. The van der Waals surface area contributed by atoms with Crippen LogP contribution in [0.5, 0.6) is 0 Å². The molecule has 0 aromatic heterocycles. The summed E-state index contributed by atoms with van der Waals surface area (Å²) in [5.41, 5.74) is 0. The normalized spacial score (nSPS) is 18.0. The van der Waals surface area contributed by atoms with E-state index in [9.17, 15) is 4.39 Å². The third-order valence-corrected chi connectivity index (χ3v) is 1.82. The Hall–Kier alpha value is -0.0700. The summed E-state index contributed by atoms with van der Waals surface area (Å²) in [6.45, 7) is 7.85. The molecule has 2 atom stereocenters. The van der Waals surface area contributed by atoms with Crippen molar-refractivity contribution in [3.63, 3.8) is 0 Å². The molecule has 0 bridgehead atoms. The first kappa shape index (κ1) is 8.93. The SMILES string of the molecule is CCC(C)C(F)C(C)C. The van der Waals surface area contributed by atoms with Gasteiger partial charge in [0.25, 0.3) is 0 Å². The third-order valence-electron chi connectivity index (χ3n) is 1.82. The van der Waals surface area contributed by atoms with Crippen LogP contribution in [0, 0.1) is 11.8 Å². The van der Waals surface area contributed by atoms with Crippen LogP contribution in [0.25, 0.3) is 0 Å². The van der Waals surface area contributed by atoms with Gasteiger partial charge in [-0.05, 0) is 11.8 Å². The van der Waals surface area contributed by atoms with Crippen LogP contribution in [0.15, 0.2) is 0 Å². The Morgan fingerprint density at radius 3 is 1.78 bits per heavy atom. The molecule has 2 unspecified atom stereocenters. The number of hydrogen-bond donors (Lipinski definition) is 0. The van der Waals surface area contributed by atoms with Crippen LogP contribution < -0.4 is 0 Å². The molecule has 9 heavy (non-hydrogen) atoms. The van der Waals surface area contributed by atoms with E-state index in [4.69, 9.17) is 0 Å². The van der Waals surface area contributed by atoms with E-state index in [2.05, 4.69) is 0 Å². The molecule has 0 radical (unpaired) electrons. The topological polar surface area (TPSA) is 0 Å². The Kier molecular flexibility index (Phi) is 3.83. The first-order chi connectivity index (χ1) is 4.09. The molecule has 0 aliphatic carbocycles. The minimum Gasteiger partial charge on any atom is -0.247 e. The van der Waals surface area contributed by atoms with E-state index in [0.717, 1.165) is 6.42 Å². The van der Waals surface area contributed by atoms with Crippen molar-refractivity contribution in [1.82, 2.24) is 0 Å². The zero-order chi connectivity index (χ0) is 7.44. The molecule has 0 N–H and O–H groups in total. The Morgan fingerprint density at radius 2 is 1.67 bits per heavy atom. The quantitative estimate of drug-likeness (QED) is 0.553. The average molecular weight is 132 g/mol. The number of alkyl halides is 1. The average Bonchev–Trinajstić information content (AvgIpc) is 1.84. The summed E-state index contributed by atoms with van der Waals surface area (Å²) in [6.07, 6.45) is 0.328. The second-order valence-corrected chi connectivity index (χ2v) is 3.07. The van der Waals surface area contributed by atoms with Crippen LogP contribution in [-0.2, 0) is 0 Å². The Labute approximate surface area is 57.5 Å². The van der Waals surface area contributed by atoms with Crippen molar-refractivity contribution in [2.45, 2.75) is 40.3 Å². The molecule has 56 valence electrons. The maximum absolute atomic E-state index is 12.9. The lowest BCUT2D eigenvalue weighted by molar-refractivity contribution is 0.176. The van der Waals surface area contributed by atoms with Crippen LogP contribution >= 0.6 is 0 Å². The van der Waals surface area contributed by atoms with Crippen LogP contribution in [0.2, 0.25) is 0 Å². The van der Waals surface area contributed by atoms with Gasteiger partial charge >= 0.3 is 0 Å². The molecule has 0 aliphatic rings. The molecule has 0 spiro atoms. The summed E-state index contributed by atoms with van der Waals surface area (Å²) in [6, 6.07) is 0. The summed E-state index contributed by atoms with van der Waals surface area (Å²) in [4.78, 5) is 0. The van der Waals surface area contributed by atoms with Crippen LogP contribution in [-0.4, -0.2) is 6.17 Å². The second-order valence-electron chi connectivity index (χ2n) is 3.07. The van der Waals surface area contributed by atoms with Gasteiger partial charge in [-0.3, -0.25) is 0 Å². The van der Waals surface area contributed by atoms with Crippen LogP contribution in [0.4, 0.5) is 4.39 Å². The highest BCUT2D eigenvalue weighted by Gasteiger charge is 2.17. The molecule has 0 aromatic carbocycles. The second kappa shape index (κ2) is 3.86. The minimum absolute atomic E-state index is 0.181. The van der Waals surface area contributed by atoms with Gasteiger partial charge in [0.15, 0.2) is 0 Å². The van der Waals surface area contributed by atoms with Gasteiger partial charge in [-0.2, -0.15) is 0 Å². The maximum Gasteiger partial charge on any atom is 0.105 e. The van der Waals surface area contributed by atoms with Gasteiger partial charge in [-0.15, -0.1) is 0 Å². The van der Waals surface area contributed by atoms with Crippen LogP contribution in [0.1, 0.15) is 34.1 Å².